The van der Waals surface area contributed by atoms with Crippen molar-refractivity contribution < 1.29 is 9.59 Å². The summed E-state index contributed by atoms with van der Waals surface area (Å²) in [6.07, 6.45) is 1.39. The van der Waals surface area contributed by atoms with Crippen molar-refractivity contribution in [2.45, 2.75) is 19.8 Å². The number of amides is 2. The lowest BCUT2D eigenvalue weighted by Crippen LogP contribution is -2.44. The molecule has 2 amide bonds. The molecule has 0 saturated carbocycles. The van der Waals surface area contributed by atoms with Gasteiger partial charge in [-0.2, -0.15) is 0 Å². The molecule has 1 heterocycles. The first-order valence-electron chi connectivity index (χ1n) is 7.56. The standard InChI is InChI=1S/C16H22BrN3O2.ClH/c1-11(10-18)16(22)20-7-5-12(6-8-20)15(21)19-14-4-2-3-13(17)9-14;/h2-4,9,11-12H,5-8,10,18H2,1H3,(H,19,21);1H. The first-order chi connectivity index (χ1) is 10.5. The van der Waals surface area contributed by atoms with Crippen molar-refractivity contribution in [2.24, 2.45) is 17.6 Å². The molecule has 1 aromatic rings. The molecule has 1 atom stereocenters. The number of nitrogens with zero attached hydrogens (tertiary/aromatic N) is 1. The van der Waals surface area contributed by atoms with Crippen molar-refractivity contribution >= 4 is 45.8 Å². The van der Waals surface area contributed by atoms with Crippen molar-refractivity contribution in [3.8, 4) is 0 Å². The maximum absolute atomic E-state index is 12.3. The van der Waals surface area contributed by atoms with E-state index in [-0.39, 0.29) is 36.1 Å². The number of halogens is 2. The van der Waals surface area contributed by atoms with Crippen LogP contribution in [0, 0.1) is 11.8 Å². The van der Waals surface area contributed by atoms with Crippen molar-refractivity contribution in [2.75, 3.05) is 25.0 Å². The van der Waals surface area contributed by atoms with E-state index in [0.717, 1.165) is 10.2 Å². The first-order valence-corrected chi connectivity index (χ1v) is 8.36. The summed E-state index contributed by atoms with van der Waals surface area (Å²) in [7, 11) is 0. The molecule has 0 spiro atoms. The molecule has 0 aromatic heterocycles. The maximum atomic E-state index is 12.3. The lowest BCUT2D eigenvalue weighted by molar-refractivity contribution is -0.137. The molecule has 2 rings (SSSR count). The number of anilines is 1. The van der Waals surface area contributed by atoms with Gasteiger partial charge in [0.25, 0.3) is 0 Å². The van der Waals surface area contributed by atoms with E-state index in [1.807, 2.05) is 36.1 Å². The van der Waals surface area contributed by atoms with E-state index in [9.17, 15) is 9.59 Å². The van der Waals surface area contributed by atoms with Gasteiger partial charge in [0, 0.05) is 41.6 Å². The van der Waals surface area contributed by atoms with Crippen molar-refractivity contribution in [1.29, 1.82) is 0 Å². The number of piperidine rings is 1. The predicted molar refractivity (Wildman–Crippen MR) is 97.5 cm³/mol. The van der Waals surface area contributed by atoms with E-state index in [4.69, 9.17) is 5.73 Å². The molecule has 0 bridgehead atoms. The molecular weight excluding hydrogens is 382 g/mol. The largest absolute Gasteiger partial charge is 0.342 e. The highest BCUT2D eigenvalue weighted by Crippen LogP contribution is 2.22. The smallest absolute Gasteiger partial charge is 0.227 e. The van der Waals surface area contributed by atoms with Crippen LogP contribution < -0.4 is 11.1 Å². The molecule has 1 unspecified atom stereocenters. The summed E-state index contributed by atoms with van der Waals surface area (Å²) in [6.45, 7) is 3.45. The number of carbonyl (C=O) groups excluding carboxylic acids is 2. The molecule has 128 valence electrons. The Balaban J connectivity index is 0.00000264. The zero-order valence-electron chi connectivity index (χ0n) is 13.1. The number of rotatable bonds is 4. The van der Waals surface area contributed by atoms with Gasteiger partial charge in [0.15, 0.2) is 0 Å². The number of nitrogens with two attached hydrogens (primary N) is 1. The fourth-order valence-corrected chi connectivity index (χ4v) is 2.98. The summed E-state index contributed by atoms with van der Waals surface area (Å²) in [5.74, 6) is -0.0753. The SMILES string of the molecule is CC(CN)C(=O)N1CCC(C(=O)Nc2cccc(Br)c2)CC1.Cl. The summed E-state index contributed by atoms with van der Waals surface area (Å²) < 4.78 is 0.932. The molecule has 0 aliphatic carbocycles. The summed E-state index contributed by atoms with van der Waals surface area (Å²) in [5, 5.41) is 2.94. The highest BCUT2D eigenvalue weighted by molar-refractivity contribution is 9.10. The average Bonchev–Trinajstić information content (AvgIpc) is 2.53. The van der Waals surface area contributed by atoms with Crippen LogP contribution in [0.1, 0.15) is 19.8 Å². The van der Waals surface area contributed by atoms with E-state index in [0.29, 0.717) is 32.5 Å². The Hall–Kier alpha value is -1.11. The molecule has 3 N–H and O–H groups in total. The third kappa shape index (κ3) is 5.48. The number of hydrogen-bond donors (Lipinski definition) is 2. The van der Waals surface area contributed by atoms with Crippen LogP contribution in [0.2, 0.25) is 0 Å². The minimum atomic E-state index is -0.146. The lowest BCUT2D eigenvalue weighted by Gasteiger charge is -2.32. The van der Waals surface area contributed by atoms with Crippen LogP contribution in [-0.4, -0.2) is 36.3 Å². The lowest BCUT2D eigenvalue weighted by atomic mass is 9.95. The van der Waals surface area contributed by atoms with Gasteiger partial charge in [-0.25, -0.2) is 0 Å². The average molecular weight is 405 g/mol. The van der Waals surface area contributed by atoms with E-state index >= 15 is 0 Å². The van der Waals surface area contributed by atoms with Gasteiger partial charge < -0.3 is 16.0 Å². The second-order valence-electron chi connectivity index (χ2n) is 5.74. The fourth-order valence-electron chi connectivity index (χ4n) is 2.59. The maximum Gasteiger partial charge on any atom is 0.227 e. The first kappa shape index (κ1) is 19.9. The highest BCUT2D eigenvalue weighted by Gasteiger charge is 2.28. The van der Waals surface area contributed by atoms with Crippen LogP contribution in [0.3, 0.4) is 0 Å². The Kier molecular flexibility index (Phi) is 8.02. The van der Waals surface area contributed by atoms with Gasteiger partial charge in [0.1, 0.15) is 0 Å². The monoisotopic (exact) mass is 403 g/mol. The summed E-state index contributed by atoms with van der Waals surface area (Å²) >= 11 is 3.39. The Morgan fingerprint density at radius 1 is 1.39 bits per heavy atom. The Morgan fingerprint density at radius 3 is 2.61 bits per heavy atom. The predicted octanol–water partition coefficient (Wildman–Crippen LogP) is 2.64. The Labute approximate surface area is 151 Å². The van der Waals surface area contributed by atoms with Gasteiger partial charge in [-0.05, 0) is 31.0 Å². The summed E-state index contributed by atoms with van der Waals surface area (Å²) in [6, 6.07) is 7.54. The molecule has 1 aromatic carbocycles. The minimum Gasteiger partial charge on any atom is -0.342 e. The number of carbonyl (C=O) groups is 2. The molecule has 0 radical (unpaired) electrons. The molecular formula is C16H23BrClN3O2. The van der Waals surface area contributed by atoms with E-state index in [1.165, 1.54) is 0 Å². The molecule has 7 heteroatoms. The van der Waals surface area contributed by atoms with E-state index < -0.39 is 0 Å². The summed E-state index contributed by atoms with van der Waals surface area (Å²) in [4.78, 5) is 26.2. The number of likely N-dealkylation sites (tertiary alicyclic amines) is 1. The molecule has 23 heavy (non-hydrogen) atoms. The van der Waals surface area contributed by atoms with Crippen LogP contribution in [-0.2, 0) is 9.59 Å². The van der Waals surface area contributed by atoms with Crippen LogP contribution >= 0.6 is 28.3 Å². The third-order valence-electron chi connectivity index (χ3n) is 4.04. The second-order valence-corrected chi connectivity index (χ2v) is 6.65. The summed E-state index contributed by atoms with van der Waals surface area (Å²) in [5.41, 5.74) is 6.32. The topological polar surface area (TPSA) is 75.4 Å². The Bertz CT molecular complexity index is 548. The van der Waals surface area contributed by atoms with E-state index in [2.05, 4.69) is 21.2 Å². The normalized spacial score (nSPS) is 16.4. The van der Waals surface area contributed by atoms with Gasteiger partial charge in [-0.15, -0.1) is 12.4 Å². The molecule has 1 aliphatic rings. The zero-order valence-corrected chi connectivity index (χ0v) is 15.5. The van der Waals surface area contributed by atoms with Crippen molar-refractivity contribution in [1.82, 2.24) is 4.90 Å². The zero-order chi connectivity index (χ0) is 16.1. The van der Waals surface area contributed by atoms with Gasteiger partial charge in [-0.3, -0.25) is 9.59 Å². The van der Waals surface area contributed by atoms with Gasteiger partial charge in [0.2, 0.25) is 11.8 Å². The fraction of sp³-hybridized carbons (Fsp3) is 0.500. The Morgan fingerprint density at radius 2 is 2.04 bits per heavy atom. The minimum absolute atomic E-state index is 0. The number of hydrogen-bond acceptors (Lipinski definition) is 3. The second kappa shape index (κ2) is 9.25. The van der Waals surface area contributed by atoms with Gasteiger partial charge in [0.05, 0.1) is 0 Å². The van der Waals surface area contributed by atoms with Gasteiger partial charge in [-0.1, -0.05) is 28.9 Å². The van der Waals surface area contributed by atoms with Crippen molar-refractivity contribution in [3.05, 3.63) is 28.7 Å². The van der Waals surface area contributed by atoms with Crippen LogP contribution in [0.5, 0.6) is 0 Å². The van der Waals surface area contributed by atoms with Crippen LogP contribution in [0.15, 0.2) is 28.7 Å². The van der Waals surface area contributed by atoms with E-state index in [1.54, 1.807) is 0 Å². The highest BCUT2D eigenvalue weighted by atomic mass is 79.9. The quantitative estimate of drug-likeness (QED) is 0.810. The molecule has 1 aliphatic heterocycles. The number of nitrogens with one attached hydrogen (secondary N) is 1. The number of benzene rings is 1. The van der Waals surface area contributed by atoms with Crippen LogP contribution in [0.4, 0.5) is 5.69 Å². The molecule has 1 saturated heterocycles. The molecule has 5 nitrogen and oxygen atoms in total. The third-order valence-corrected chi connectivity index (χ3v) is 4.54. The van der Waals surface area contributed by atoms with Crippen LogP contribution in [0.25, 0.3) is 0 Å². The van der Waals surface area contributed by atoms with Crippen molar-refractivity contribution in [3.63, 3.8) is 0 Å². The van der Waals surface area contributed by atoms with Gasteiger partial charge >= 0.3 is 0 Å². The molecule has 1 fully saturated rings.